The topological polar surface area (TPSA) is 151 Å². The van der Waals surface area contributed by atoms with Crippen molar-refractivity contribution in [2.45, 2.75) is 149 Å². The first-order chi connectivity index (χ1) is 26.3. The predicted octanol–water partition coefficient (Wildman–Crippen LogP) is 6.71. The predicted molar refractivity (Wildman–Crippen MR) is 210 cm³/mol. The molecule has 5 rings (SSSR count). The van der Waals surface area contributed by atoms with Crippen molar-refractivity contribution in [3.63, 3.8) is 0 Å². The molecule has 0 radical (unpaired) electrons. The average Bonchev–Trinajstić information content (AvgIpc) is 3.43. The van der Waals surface area contributed by atoms with Crippen LogP contribution in [0.15, 0.2) is 36.5 Å². The summed E-state index contributed by atoms with van der Waals surface area (Å²) in [6.07, 6.45) is -0.0702. The number of hydrogen-bond donors (Lipinski definition) is 1. The fraction of sp³-hybridized carbons (Fsp3) is 0.705. The van der Waals surface area contributed by atoms with Crippen molar-refractivity contribution in [2.75, 3.05) is 13.7 Å². The zero-order chi connectivity index (χ0) is 41.3. The molecule has 2 unspecified atom stereocenters. The first kappa shape index (κ1) is 43.7. The Bertz CT molecular complexity index is 1730. The van der Waals surface area contributed by atoms with Gasteiger partial charge in [-0.1, -0.05) is 52.8 Å². The number of esters is 1. The number of amides is 1. The van der Waals surface area contributed by atoms with Crippen molar-refractivity contribution in [1.82, 2.24) is 9.88 Å². The van der Waals surface area contributed by atoms with Crippen LogP contribution in [0.2, 0.25) is 0 Å². The van der Waals surface area contributed by atoms with E-state index in [2.05, 4.69) is 11.1 Å². The number of rotatable bonds is 9. The number of para-hydroxylation sites is 1. The first-order valence-electron chi connectivity index (χ1n) is 20.5. The number of ether oxygens (including phenoxy) is 5. The van der Waals surface area contributed by atoms with Gasteiger partial charge in [-0.05, 0) is 96.3 Å². The molecule has 0 bridgehead atoms. The van der Waals surface area contributed by atoms with Gasteiger partial charge in [-0.3, -0.25) is 19.4 Å². The number of aromatic nitrogens is 1. The molecule has 56 heavy (non-hydrogen) atoms. The van der Waals surface area contributed by atoms with E-state index >= 15 is 0 Å². The van der Waals surface area contributed by atoms with E-state index in [1.54, 1.807) is 45.7 Å². The highest BCUT2D eigenvalue weighted by atomic mass is 16.7. The molecule has 2 aromatic rings. The van der Waals surface area contributed by atoms with Gasteiger partial charge in [0.2, 0.25) is 0 Å². The lowest BCUT2D eigenvalue weighted by Gasteiger charge is -2.46. The highest BCUT2D eigenvalue weighted by molar-refractivity contribution is 6.00. The Balaban J connectivity index is 1.44. The normalized spacial score (nSPS) is 37.7. The third kappa shape index (κ3) is 8.68. The van der Waals surface area contributed by atoms with E-state index in [9.17, 15) is 24.3 Å². The smallest absolute Gasteiger partial charge is 0.410 e. The number of ketones is 2. The van der Waals surface area contributed by atoms with Gasteiger partial charge in [0.25, 0.3) is 0 Å². The van der Waals surface area contributed by atoms with Crippen LogP contribution in [0.25, 0.3) is 10.9 Å². The van der Waals surface area contributed by atoms with Gasteiger partial charge in [-0.15, -0.1) is 0 Å². The quantitative estimate of drug-likeness (QED) is 0.164. The summed E-state index contributed by atoms with van der Waals surface area (Å²) in [6, 6.07) is 9.24. The summed E-state index contributed by atoms with van der Waals surface area (Å²) < 4.78 is 31.0. The minimum absolute atomic E-state index is 0.108. The molecule has 1 N–H and O–H groups in total. The molecule has 3 aliphatic rings. The summed E-state index contributed by atoms with van der Waals surface area (Å²) in [7, 11) is 1.51. The lowest BCUT2D eigenvalue weighted by molar-refractivity contribution is -0.299. The van der Waals surface area contributed by atoms with Crippen LogP contribution in [0, 0.1) is 35.5 Å². The van der Waals surface area contributed by atoms with Crippen LogP contribution in [0.1, 0.15) is 100 Å². The third-order valence-corrected chi connectivity index (χ3v) is 13.1. The van der Waals surface area contributed by atoms with E-state index in [1.807, 2.05) is 52.0 Å². The Hall–Kier alpha value is -3.45. The number of cyclic esters (lactones) is 1. The summed E-state index contributed by atoms with van der Waals surface area (Å²) in [5.74, 6) is -4.83. The van der Waals surface area contributed by atoms with Gasteiger partial charge in [0.05, 0.1) is 29.4 Å². The van der Waals surface area contributed by atoms with E-state index < -0.39 is 83.4 Å². The summed E-state index contributed by atoms with van der Waals surface area (Å²) in [6.45, 7) is 18.2. The van der Waals surface area contributed by atoms with E-state index in [1.165, 1.54) is 19.6 Å². The van der Waals surface area contributed by atoms with Crippen LogP contribution in [-0.4, -0.2) is 100 Å². The molecule has 0 saturated carbocycles. The molecular formula is C44H64N2O10. The van der Waals surface area contributed by atoms with Gasteiger partial charge in [0.15, 0.2) is 17.7 Å². The lowest BCUT2D eigenvalue weighted by atomic mass is 9.73. The summed E-state index contributed by atoms with van der Waals surface area (Å²) in [5, 5.41) is 12.5. The number of unbranched alkanes of at least 4 members (excludes halogenated alkanes) is 1. The molecule has 0 spiro atoms. The fourth-order valence-corrected chi connectivity index (χ4v) is 9.51. The van der Waals surface area contributed by atoms with Gasteiger partial charge in [0.1, 0.15) is 23.9 Å². The number of benzene rings is 1. The minimum atomic E-state index is -1.39. The Morgan fingerprint density at radius 2 is 1.66 bits per heavy atom. The van der Waals surface area contributed by atoms with E-state index in [-0.39, 0.29) is 30.1 Å². The van der Waals surface area contributed by atoms with Crippen LogP contribution in [0.5, 0.6) is 0 Å². The highest BCUT2D eigenvalue weighted by Crippen LogP contribution is 2.43. The minimum Gasteiger partial charge on any atom is -0.458 e. The molecule has 3 saturated heterocycles. The summed E-state index contributed by atoms with van der Waals surface area (Å²) >= 11 is 0. The molecule has 1 amide bonds. The van der Waals surface area contributed by atoms with Crippen molar-refractivity contribution in [1.29, 1.82) is 0 Å². The molecule has 3 aliphatic heterocycles. The Labute approximate surface area is 332 Å². The Morgan fingerprint density at radius 3 is 2.34 bits per heavy atom. The Kier molecular flexibility index (Phi) is 13.7. The van der Waals surface area contributed by atoms with Gasteiger partial charge in [-0.25, -0.2) is 4.79 Å². The van der Waals surface area contributed by atoms with Crippen molar-refractivity contribution < 1.29 is 48.0 Å². The second-order valence-corrected chi connectivity index (χ2v) is 17.4. The number of aliphatic hydroxyl groups is 1. The number of Topliss-reactive ketones (excluding diaryl/α,β-unsaturated/α-hetero) is 2. The molecule has 0 aliphatic carbocycles. The maximum Gasteiger partial charge on any atom is 0.410 e. The second-order valence-electron chi connectivity index (χ2n) is 17.4. The molecule has 13 atom stereocenters. The standard InChI is InChI=1S/C44H64N2O10/c1-24(2)33-22-26(4)53-41(37(33)49)55-39-28(6)36(48)29(7)40(50)54-30(8)44(10)38(27(5)35(47)25(3)23-43(39,9)52-11)46(42(51)56-44)21-15-14-16-31-19-20-45-34-18-13-12-17-32(31)34/h12-13,17-20,24-30,33,37-39,41,49H,14-16,21-23H2,1-11H3/t25-,26-,27+,28+,29-,30?,33-,37-,38+,39?,41+,43-,44-/m1/s1. The number of carbonyl (C=O) groups is 4. The molecular weight excluding hydrogens is 716 g/mol. The van der Waals surface area contributed by atoms with Gasteiger partial charge in [-0.2, -0.15) is 0 Å². The first-order valence-corrected chi connectivity index (χ1v) is 20.5. The number of fused-ring (bicyclic) bond motifs is 2. The van der Waals surface area contributed by atoms with Crippen molar-refractivity contribution in [3.8, 4) is 0 Å². The molecule has 1 aromatic heterocycles. The lowest BCUT2D eigenvalue weighted by Crippen LogP contribution is -2.59. The SMILES string of the molecule is CO[C@]1(C)C[C@@H](C)C(=O)[C@H](C)[C@@H]2N(CCCCc3ccnc4ccccc34)C(=O)O[C@]2(C)C(C)OC(=O)[C@H](C)C(=O)[C@H](C)C1O[C@@H]1O[C@H](C)C[C@H](C(C)C)[C@H]1O. The molecule has 1 aromatic carbocycles. The maximum absolute atomic E-state index is 14.6. The average molecular weight is 781 g/mol. The number of carbonyl (C=O) groups excluding carboxylic acids is 4. The van der Waals surface area contributed by atoms with Gasteiger partial charge in [0, 0.05) is 43.0 Å². The van der Waals surface area contributed by atoms with E-state index in [0.29, 0.717) is 19.4 Å². The molecule has 3 fully saturated rings. The second kappa shape index (κ2) is 17.6. The van der Waals surface area contributed by atoms with Crippen LogP contribution in [0.4, 0.5) is 4.79 Å². The highest BCUT2D eigenvalue weighted by Gasteiger charge is 2.59. The summed E-state index contributed by atoms with van der Waals surface area (Å²) in [4.78, 5) is 62.5. The largest absolute Gasteiger partial charge is 0.458 e. The monoisotopic (exact) mass is 780 g/mol. The number of methoxy groups -OCH3 is 1. The molecule has 12 nitrogen and oxygen atoms in total. The van der Waals surface area contributed by atoms with Crippen molar-refractivity contribution in [3.05, 3.63) is 42.1 Å². The van der Waals surface area contributed by atoms with Crippen LogP contribution < -0.4 is 0 Å². The van der Waals surface area contributed by atoms with Crippen molar-refractivity contribution in [2.24, 2.45) is 35.5 Å². The molecule has 12 heteroatoms. The maximum atomic E-state index is 14.6. The zero-order valence-electron chi connectivity index (χ0n) is 35.2. The number of nitrogens with zero attached hydrogens (tertiary/aromatic N) is 2. The third-order valence-electron chi connectivity index (χ3n) is 13.1. The number of aliphatic hydroxyl groups excluding tert-OH is 1. The fourth-order valence-electron chi connectivity index (χ4n) is 9.51. The van der Waals surface area contributed by atoms with Gasteiger partial charge < -0.3 is 33.7 Å². The van der Waals surface area contributed by atoms with Gasteiger partial charge >= 0.3 is 12.1 Å². The number of pyridine rings is 1. The number of aryl methyl sites for hydroxylation is 1. The molecule has 4 heterocycles. The van der Waals surface area contributed by atoms with Crippen molar-refractivity contribution >= 4 is 34.5 Å². The summed E-state index contributed by atoms with van der Waals surface area (Å²) in [5.41, 5.74) is -0.545. The van der Waals surface area contributed by atoms with Crippen LogP contribution >= 0.6 is 0 Å². The van der Waals surface area contributed by atoms with Crippen LogP contribution in [-0.2, 0) is 44.5 Å². The molecule has 310 valence electrons. The van der Waals surface area contributed by atoms with Crippen LogP contribution in [0.3, 0.4) is 0 Å². The van der Waals surface area contributed by atoms with E-state index in [0.717, 1.165) is 23.7 Å². The number of hydrogen-bond acceptors (Lipinski definition) is 11. The zero-order valence-corrected chi connectivity index (χ0v) is 35.2. The van der Waals surface area contributed by atoms with E-state index in [4.69, 9.17) is 23.7 Å². The Morgan fingerprint density at radius 1 is 0.964 bits per heavy atom.